The third kappa shape index (κ3) is 193. The maximum atomic E-state index is 8.64. The normalized spacial score (nSPS) is 6.62. The maximum absolute atomic E-state index is 8.64. The van der Waals surface area contributed by atoms with E-state index in [2.05, 4.69) is 0 Å². The maximum Gasteiger partial charge on any atom is 1.00 e. The van der Waals surface area contributed by atoms with E-state index in [0.29, 0.717) is 0 Å². The van der Waals surface area contributed by atoms with Crippen LogP contribution in [0.25, 0.3) is 0 Å². The summed E-state index contributed by atoms with van der Waals surface area (Å²) in [6, 6.07) is 0. The zero-order valence-corrected chi connectivity index (χ0v) is 16.9. The van der Waals surface area contributed by atoms with E-state index in [-0.39, 0.29) is 118 Å². The van der Waals surface area contributed by atoms with Gasteiger partial charge < -0.3 is 34.3 Å². The van der Waals surface area contributed by atoms with Crippen molar-refractivity contribution in [1.82, 2.24) is 0 Å². The van der Waals surface area contributed by atoms with E-state index in [4.69, 9.17) is 34.3 Å². The molecule has 0 unspecified atom stereocenters. The molecule has 0 radical (unpaired) electrons. The average molecular weight is 248 g/mol. The van der Waals surface area contributed by atoms with Gasteiger partial charge in [0.15, 0.2) is 0 Å². The molecule has 2 N–H and O–H groups in total. The van der Waals surface area contributed by atoms with Crippen molar-refractivity contribution in [1.29, 1.82) is 0 Å². The number of hydrogen-bond donors (Lipinski definition) is 2. The predicted molar refractivity (Wildman–Crippen MR) is 17.8 cm³/mol. The van der Waals surface area contributed by atoms with Crippen LogP contribution in [-0.4, -0.2) is 17.4 Å². The first kappa shape index (κ1) is 36.0. The van der Waals surface area contributed by atoms with Crippen LogP contribution >= 0.6 is 7.82 Å². The molecule has 0 bridgehead atoms. The Morgan fingerprint density at radius 3 is 0.923 bits per heavy atom. The van der Waals surface area contributed by atoms with E-state index >= 15 is 0 Å². The Balaban J connectivity index is -0.0000000146. The Bertz CT molecular complexity index is 91.6. The number of phosphoric acid groups is 1. The standard InChI is InChI=1S/BH2O3.4Na.H3O4P/c2-1(3)4;;;;;1-5(2,3)4/h2-3H;;;;;(H3,1,2,3,4)/q-1;4*+1;/p-3. The van der Waals surface area contributed by atoms with Crippen LogP contribution in [0.1, 0.15) is 0 Å². The Hall–Kier alpha value is 4.05. The summed E-state index contributed by atoms with van der Waals surface area (Å²) in [5, 5.41) is 22.8. The van der Waals surface area contributed by atoms with Crippen LogP contribution in [0.3, 0.4) is 0 Å². The van der Waals surface area contributed by atoms with Crippen molar-refractivity contribution in [2.75, 3.05) is 0 Å². The molecule has 0 aromatic heterocycles. The van der Waals surface area contributed by atoms with E-state index < -0.39 is 15.1 Å². The fourth-order valence-corrected chi connectivity index (χ4v) is 0. The van der Waals surface area contributed by atoms with Crippen molar-refractivity contribution < 1.29 is 153 Å². The summed E-state index contributed by atoms with van der Waals surface area (Å²) in [7, 11) is -7.81. The smallest absolute Gasteiger partial charge is 0.832 e. The second-order valence-corrected chi connectivity index (χ2v) is 1.67. The Labute approximate surface area is 164 Å². The van der Waals surface area contributed by atoms with Crippen LogP contribution in [0.2, 0.25) is 0 Å². The van der Waals surface area contributed by atoms with Crippen LogP contribution in [0.15, 0.2) is 0 Å². The van der Waals surface area contributed by atoms with Crippen molar-refractivity contribution in [3.63, 3.8) is 0 Å². The zero-order valence-electron chi connectivity index (χ0n) is 7.96. The van der Waals surface area contributed by atoms with Gasteiger partial charge in [0.25, 0.3) is 0 Å². The van der Waals surface area contributed by atoms with Gasteiger partial charge >= 0.3 is 126 Å². The van der Waals surface area contributed by atoms with Gasteiger partial charge in [0, 0.05) is 0 Å². The van der Waals surface area contributed by atoms with Gasteiger partial charge in [-0.05, 0) is 0 Å². The summed E-state index contributed by atoms with van der Waals surface area (Å²) in [4.78, 5) is 25.6. The first-order valence-corrected chi connectivity index (χ1v) is 2.94. The molecule has 0 fully saturated rings. The molecule has 0 aliphatic rings. The molecule has 0 saturated carbocycles. The molecule has 0 spiro atoms. The van der Waals surface area contributed by atoms with Gasteiger partial charge in [-0.2, -0.15) is 7.82 Å². The molecule has 0 aliphatic carbocycles. The summed E-state index contributed by atoms with van der Waals surface area (Å²) in [6.45, 7) is 0. The fraction of sp³-hybridized carbons (Fsp3) is 0. The summed E-state index contributed by atoms with van der Waals surface area (Å²) >= 11 is 0. The van der Waals surface area contributed by atoms with Crippen molar-refractivity contribution in [2.45, 2.75) is 0 Å². The molecule has 13 heavy (non-hydrogen) atoms. The van der Waals surface area contributed by atoms with Crippen molar-refractivity contribution >= 4 is 15.1 Å². The topological polar surface area (TPSA) is 150 Å². The Morgan fingerprint density at radius 1 is 0.923 bits per heavy atom. The summed E-state index contributed by atoms with van der Waals surface area (Å²) < 4.78 is 8.55. The molecule has 56 valence electrons. The quantitative estimate of drug-likeness (QED) is 0.319. The van der Waals surface area contributed by atoms with Gasteiger partial charge in [-0.1, -0.05) is 0 Å². The molecule has 0 atom stereocenters. The van der Waals surface area contributed by atoms with E-state index in [0.717, 1.165) is 0 Å². The van der Waals surface area contributed by atoms with E-state index in [9.17, 15) is 0 Å². The van der Waals surface area contributed by atoms with Crippen LogP contribution in [-0.2, 0) is 4.57 Å². The Kier molecular flexibility index (Phi) is 59.1. The molecule has 0 aliphatic heterocycles. The van der Waals surface area contributed by atoms with E-state index in [1.54, 1.807) is 0 Å². The molecule has 0 aromatic carbocycles. The SMILES string of the molecule is O=P([O-])([O-])[O-].[Na+].[Na+].[Na+].[Na+].[O-]B(O)O. The third-order valence-corrected chi connectivity index (χ3v) is 0. The van der Waals surface area contributed by atoms with Crippen LogP contribution in [0.4, 0.5) is 0 Å². The second-order valence-electron chi connectivity index (χ2n) is 0.774. The van der Waals surface area contributed by atoms with Crippen molar-refractivity contribution in [3.8, 4) is 0 Å². The van der Waals surface area contributed by atoms with E-state index in [1.165, 1.54) is 0 Å². The molecule has 13 heteroatoms. The molecule has 7 nitrogen and oxygen atoms in total. The number of hydrogen-bond acceptors (Lipinski definition) is 7. The first-order valence-electron chi connectivity index (χ1n) is 1.48. The van der Waals surface area contributed by atoms with Gasteiger partial charge in [-0.25, -0.2) is 0 Å². The molecular formula is H2BNa4O7P. The van der Waals surface area contributed by atoms with Gasteiger partial charge in [-0.3, -0.25) is 0 Å². The van der Waals surface area contributed by atoms with Crippen LogP contribution in [0.5, 0.6) is 0 Å². The monoisotopic (exact) mass is 248 g/mol. The molecule has 0 aromatic rings. The molecule has 0 heterocycles. The van der Waals surface area contributed by atoms with Crippen molar-refractivity contribution in [2.24, 2.45) is 0 Å². The third-order valence-electron chi connectivity index (χ3n) is 0. The first-order chi connectivity index (χ1) is 3.73. The van der Waals surface area contributed by atoms with Gasteiger partial charge in [0.2, 0.25) is 0 Å². The van der Waals surface area contributed by atoms with Gasteiger partial charge in [-0.15, -0.1) is 0 Å². The minimum absolute atomic E-state index is 0. The number of rotatable bonds is 0. The van der Waals surface area contributed by atoms with Crippen molar-refractivity contribution in [3.05, 3.63) is 0 Å². The summed E-state index contributed by atoms with van der Waals surface area (Å²) in [5.74, 6) is 0. The molecule has 0 rings (SSSR count). The average Bonchev–Trinajstić information content (AvgIpc) is 1.19. The molecular weight excluding hydrogens is 246 g/mol. The molecule has 0 saturated heterocycles. The Morgan fingerprint density at radius 2 is 0.923 bits per heavy atom. The minimum Gasteiger partial charge on any atom is -0.832 e. The van der Waals surface area contributed by atoms with Gasteiger partial charge in [0.1, 0.15) is 0 Å². The van der Waals surface area contributed by atoms with Crippen LogP contribution in [0, 0.1) is 0 Å². The summed E-state index contributed by atoms with van der Waals surface area (Å²) in [5.41, 5.74) is 0. The van der Waals surface area contributed by atoms with Crippen LogP contribution < -0.4 is 138 Å². The van der Waals surface area contributed by atoms with E-state index in [1.807, 2.05) is 0 Å². The fourth-order valence-electron chi connectivity index (χ4n) is 0. The zero-order chi connectivity index (χ0) is 8.08. The summed E-state index contributed by atoms with van der Waals surface area (Å²) in [6.07, 6.45) is 0. The largest absolute Gasteiger partial charge is 1.00 e. The second kappa shape index (κ2) is 21.4. The van der Waals surface area contributed by atoms with Gasteiger partial charge in [0.05, 0.1) is 0 Å². The minimum atomic E-state index is -5.39. The predicted octanol–water partition coefficient (Wildman–Crippen LogP) is -17.5. The molecule has 0 amide bonds.